The van der Waals surface area contributed by atoms with Gasteiger partial charge in [0.05, 0.1) is 11.2 Å². The summed E-state index contributed by atoms with van der Waals surface area (Å²) in [6, 6.07) is 35.6. The van der Waals surface area contributed by atoms with Crippen LogP contribution in [0.1, 0.15) is 122 Å². The molecular formula is C54H66FeO3P2. The Morgan fingerprint density at radius 2 is 1.18 bits per heavy atom. The van der Waals surface area contributed by atoms with Crippen LogP contribution in [0, 0.1) is 35.5 Å². The summed E-state index contributed by atoms with van der Waals surface area (Å²) in [6.07, 6.45) is 21.9. The first kappa shape index (κ1) is 41.1. The van der Waals surface area contributed by atoms with Gasteiger partial charge in [0.1, 0.15) is 0 Å². The fourth-order valence-electron chi connectivity index (χ4n) is 17.5. The summed E-state index contributed by atoms with van der Waals surface area (Å²) in [5.74, 6) is 5.28. The third-order valence-corrected chi connectivity index (χ3v) is 23.0. The zero-order valence-electron chi connectivity index (χ0n) is 36.2. The van der Waals surface area contributed by atoms with Gasteiger partial charge in [0.25, 0.3) is 0 Å². The minimum absolute atomic E-state index is 0. The van der Waals surface area contributed by atoms with Crippen molar-refractivity contribution in [3.05, 3.63) is 108 Å². The Morgan fingerprint density at radius 3 is 1.63 bits per heavy atom. The van der Waals surface area contributed by atoms with Crippen LogP contribution in [0.2, 0.25) is 0 Å². The second-order valence-electron chi connectivity index (χ2n) is 22.3. The van der Waals surface area contributed by atoms with Crippen molar-refractivity contribution < 1.29 is 31.3 Å². The number of hydrogen-bond donors (Lipinski definition) is 0. The summed E-state index contributed by atoms with van der Waals surface area (Å²) >= 11 is 0. The largest absolute Gasteiger partial charge is 2.00 e. The van der Waals surface area contributed by atoms with E-state index < -0.39 is 17.0 Å². The molecule has 12 bridgehead atoms. The molecule has 0 spiro atoms. The molecule has 6 atom stereocenters. The predicted octanol–water partition coefficient (Wildman–Crippen LogP) is 13.6. The zero-order chi connectivity index (χ0) is 39.8. The van der Waals surface area contributed by atoms with E-state index in [2.05, 4.69) is 96.7 Å². The van der Waals surface area contributed by atoms with E-state index in [4.69, 9.17) is 14.2 Å². The van der Waals surface area contributed by atoms with Crippen LogP contribution < -0.4 is 0 Å². The Bertz CT molecular complexity index is 2020. The molecule has 6 unspecified atom stereocenters. The fourth-order valence-corrected chi connectivity index (χ4v) is 23.7. The van der Waals surface area contributed by atoms with Gasteiger partial charge < -0.3 is 14.2 Å². The first-order valence-electron chi connectivity index (χ1n) is 23.7. The maximum atomic E-state index is 7.38. The second kappa shape index (κ2) is 14.7. The first-order valence-corrected chi connectivity index (χ1v) is 26.0. The summed E-state index contributed by atoms with van der Waals surface area (Å²) < 4.78 is 21.2. The third-order valence-electron chi connectivity index (χ3n) is 18.3. The molecule has 0 aromatic heterocycles. The minimum atomic E-state index is -0.624. The van der Waals surface area contributed by atoms with Crippen LogP contribution in [0.4, 0.5) is 0 Å². The monoisotopic (exact) mass is 880 g/mol. The van der Waals surface area contributed by atoms with E-state index in [1.165, 1.54) is 105 Å². The van der Waals surface area contributed by atoms with Crippen LogP contribution in [0.3, 0.4) is 0 Å². The van der Waals surface area contributed by atoms with Crippen LogP contribution in [0.25, 0.3) is 22.3 Å². The van der Waals surface area contributed by atoms with Gasteiger partial charge in [0.2, 0.25) is 0 Å². The van der Waals surface area contributed by atoms with E-state index in [0.29, 0.717) is 10.3 Å². The Balaban J connectivity index is 0.000000637. The molecule has 60 heavy (non-hydrogen) atoms. The molecule has 3 nitrogen and oxygen atoms in total. The van der Waals surface area contributed by atoms with Crippen molar-refractivity contribution in [1.82, 2.24) is 0 Å². The zero-order valence-corrected chi connectivity index (χ0v) is 39.3. The molecule has 12 aliphatic rings. The number of benzene rings is 2. The van der Waals surface area contributed by atoms with E-state index in [9.17, 15) is 0 Å². The molecule has 8 aliphatic carbocycles. The van der Waals surface area contributed by atoms with Crippen LogP contribution in [-0.2, 0) is 42.9 Å². The Kier molecular flexibility index (Phi) is 10.1. The summed E-state index contributed by atoms with van der Waals surface area (Å²) in [5, 5.41) is 1.12. The number of hydrogen-bond acceptors (Lipinski definition) is 3. The molecule has 4 heterocycles. The average Bonchev–Trinajstić information content (AvgIpc) is 3.89. The summed E-state index contributed by atoms with van der Waals surface area (Å²) in [5.41, 5.74) is 7.54. The van der Waals surface area contributed by atoms with Crippen LogP contribution >= 0.6 is 17.2 Å². The maximum Gasteiger partial charge on any atom is 2.00 e. The van der Waals surface area contributed by atoms with Gasteiger partial charge in [-0.15, -0.1) is 38.6 Å². The van der Waals surface area contributed by atoms with Gasteiger partial charge in [-0.05, 0) is 156 Å². The Labute approximate surface area is 374 Å². The molecule has 16 rings (SSSR count). The summed E-state index contributed by atoms with van der Waals surface area (Å²) in [6.45, 7) is 7.07. The molecule has 318 valence electrons. The van der Waals surface area contributed by atoms with Crippen molar-refractivity contribution >= 4 is 17.2 Å². The molecule has 6 heteroatoms. The number of rotatable bonds is 8. The van der Waals surface area contributed by atoms with Crippen molar-refractivity contribution in [1.29, 1.82) is 0 Å². The molecule has 8 saturated carbocycles. The van der Waals surface area contributed by atoms with Gasteiger partial charge >= 0.3 is 17.1 Å². The van der Waals surface area contributed by atoms with Crippen molar-refractivity contribution in [2.24, 2.45) is 35.5 Å². The van der Waals surface area contributed by atoms with Gasteiger partial charge in [-0.1, -0.05) is 78.7 Å². The smallest absolute Gasteiger partial charge is 0.345 e. The van der Waals surface area contributed by atoms with Crippen LogP contribution in [-0.4, -0.2) is 39.8 Å². The van der Waals surface area contributed by atoms with Crippen molar-refractivity contribution in [2.75, 3.05) is 6.16 Å². The molecule has 4 aromatic rings. The molecule has 4 aliphatic heterocycles. The summed E-state index contributed by atoms with van der Waals surface area (Å²) in [7, 11) is 3.03. The maximum absolute atomic E-state index is 7.38. The predicted molar refractivity (Wildman–Crippen MR) is 245 cm³/mol. The molecule has 12 fully saturated rings. The van der Waals surface area contributed by atoms with Gasteiger partial charge in [-0.3, -0.25) is 0 Å². The van der Waals surface area contributed by atoms with E-state index >= 15 is 0 Å². The minimum Gasteiger partial charge on any atom is -0.345 e. The standard InChI is InChI=1S/C49H61O3P2.C5H5.Fe/c1-44-27-41-50-45(2,29-46(3,51-41)52-44)49(44,30-53)43-39(20-40(37-10-6-4-7-11-37)42(43)38-12-8-5-9-13-38)28-54(47-21-31-14-32(22-47)16-33(15-31)23-47)48-24-34-17-35(25-48)19-36(18-34)26-48;1-2-4-5-3-1;/h4-13,20,31-36,41H,14-19,21-30,53H2,1-3H3;1-5H;/q2*-1;+2. The van der Waals surface area contributed by atoms with Gasteiger partial charge in [0, 0.05) is 18.3 Å². The van der Waals surface area contributed by atoms with E-state index in [1.54, 1.807) is 11.1 Å². The van der Waals surface area contributed by atoms with E-state index in [1.807, 2.05) is 30.3 Å². The molecular weight excluding hydrogens is 814 g/mol. The Hall–Kier alpha value is -1.60. The second-order valence-corrected chi connectivity index (χ2v) is 25.7. The fraction of sp³-hybridized carbons (Fsp3) is 0.593. The third kappa shape index (κ3) is 6.18. The Morgan fingerprint density at radius 1 is 0.667 bits per heavy atom. The first-order chi connectivity index (χ1) is 28.5. The van der Waals surface area contributed by atoms with Gasteiger partial charge in [0.15, 0.2) is 12.1 Å². The van der Waals surface area contributed by atoms with Gasteiger partial charge in [-0.2, -0.15) is 18.2 Å². The molecule has 4 aromatic carbocycles. The quantitative estimate of drug-likeness (QED) is 0.100. The molecule has 0 amide bonds. The van der Waals surface area contributed by atoms with Crippen LogP contribution in [0.5, 0.6) is 0 Å². The van der Waals surface area contributed by atoms with E-state index in [-0.39, 0.29) is 36.7 Å². The average molecular weight is 881 g/mol. The van der Waals surface area contributed by atoms with Gasteiger partial charge in [-0.25, -0.2) is 12.1 Å². The molecule has 0 N–H and O–H groups in total. The van der Waals surface area contributed by atoms with Crippen molar-refractivity contribution in [3.8, 4) is 22.3 Å². The normalized spacial score (nSPS) is 44.0. The van der Waals surface area contributed by atoms with Crippen LogP contribution in [0.15, 0.2) is 97.1 Å². The molecule has 4 saturated heterocycles. The molecule has 0 radical (unpaired) electrons. The van der Waals surface area contributed by atoms with Crippen molar-refractivity contribution in [3.63, 3.8) is 0 Å². The SMILES string of the molecule is CC12CC3(C)OC(CC(C)(O1)C3(CP)c1c(CP(C34CC5CC(CC(C5)C3)C4)C34CC5CC(CC(C5)C3)C4)cc(-c3ccccc3)[c-]1-c1ccccc1)O2.[Fe+2].c1cc[cH-]c1. The van der Waals surface area contributed by atoms with Crippen molar-refractivity contribution in [2.45, 2.75) is 156 Å². The van der Waals surface area contributed by atoms with E-state index in [0.717, 1.165) is 54.5 Å². The number of ether oxygens (including phenoxy) is 3. The summed E-state index contributed by atoms with van der Waals surface area (Å²) in [4.78, 5) is 0. The topological polar surface area (TPSA) is 27.7 Å².